The number of nitrogens with zero attached hydrogens (tertiary/aromatic N) is 2. The lowest BCUT2D eigenvalue weighted by Gasteiger charge is -2.33. The Hall–Kier alpha value is -3.71. The number of hydrogen-bond acceptors (Lipinski definition) is 7. The normalized spacial score (nSPS) is 12.5. The van der Waals surface area contributed by atoms with E-state index in [-0.39, 0.29) is 5.75 Å². The molecule has 2 aromatic carbocycles. The molecule has 0 saturated carbocycles. The first-order valence-corrected chi connectivity index (χ1v) is 12.3. The number of anilines is 1. The van der Waals surface area contributed by atoms with Crippen LogP contribution in [0.5, 0.6) is 5.75 Å². The minimum atomic E-state index is -1.16. The highest BCUT2D eigenvalue weighted by molar-refractivity contribution is 7.80. The topological polar surface area (TPSA) is 121 Å². The second kappa shape index (κ2) is 13.0. The summed E-state index contributed by atoms with van der Waals surface area (Å²) in [7, 11) is 1.54. The fraction of sp³-hybridized carbons (Fsp3) is 0.407. The van der Waals surface area contributed by atoms with E-state index < -0.39 is 42.1 Å². The summed E-state index contributed by atoms with van der Waals surface area (Å²) in [5, 5.41) is 14.9. The molecule has 3 amide bonds. The summed E-state index contributed by atoms with van der Waals surface area (Å²) >= 11 is 4.23. The van der Waals surface area contributed by atoms with Crippen LogP contribution in [0.2, 0.25) is 0 Å². The molecular weight excluding hydrogens is 492 g/mol. The van der Waals surface area contributed by atoms with E-state index in [0.717, 1.165) is 16.0 Å². The van der Waals surface area contributed by atoms with Gasteiger partial charge in [0.2, 0.25) is 5.91 Å². The first-order chi connectivity index (χ1) is 17.4. The number of nitriles is 1. The van der Waals surface area contributed by atoms with E-state index in [1.165, 1.54) is 0 Å². The first-order valence-electron chi connectivity index (χ1n) is 11.7. The molecule has 0 aromatic heterocycles. The van der Waals surface area contributed by atoms with E-state index in [1.54, 1.807) is 64.3 Å². The Kier molecular flexibility index (Phi) is 10.4. The van der Waals surface area contributed by atoms with Gasteiger partial charge in [-0.2, -0.15) is 17.9 Å². The number of hydrogen-bond donors (Lipinski definition) is 3. The van der Waals surface area contributed by atoms with Gasteiger partial charge in [0.25, 0.3) is 5.91 Å². The molecular formula is C27H34N4O5S. The van der Waals surface area contributed by atoms with E-state index in [1.807, 2.05) is 26.0 Å². The van der Waals surface area contributed by atoms with Gasteiger partial charge in [0.1, 0.15) is 30.0 Å². The van der Waals surface area contributed by atoms with Crippen molar-refractivity contribution in [3.05, 3.63) is 59.2 Å². The molecule has 0 bridgehead atoms. The molecule has 0 heterocycles. The quantitative estimate of drug-likeness (QED) is 0.333. The lowest BCUT2D eigenvalue weighted by molar-refractivity contribution is -0.139. The summed E-state index contributed by atoms with van der Waals surface area (Å²) < 4.78 is 10.4. The van der Waals surface area contributed by atoms with Gasteiger partial charge >= 0.3 is 6.09 Å². The number of amides is 3. The van der Waals surface area contributed by atoms with Crippen molar-refractivity contribution in [2.24, 2.45) is 0 Å². The molecule has 2 N–H and O–H groups in total. The zero-order valence-corrected chi connectivity index (χ0v) is 22.9. The van der Waals surface area contributed by atoms with Crippen LogP contribution in [0.25, 0.3) is 0 Å². The number of thiol groups is 1. The first kappa shape index (κ1) is 29.5. The van der Waals surface area contributed by atoms with Gasteiger partial charge in [-0.3, -0.25) is 9.59 Å². The summed E-state index contributed by atoms with van der Waals surface area (Å²) in [6, 6.07) is 11.9. The van der Waals surface area contributed by atoms with E-state index in [9.17, 15) is 19.6 Å². The molecule has 2 rings (SSSR count). The molecule has 0 radical (unpaired) electrons. The molecule has 0 aliphatic heterocycles. The summed E-state index contributed by atoms with van der Waals surface area (Å²) in [6.07, 6.45) is -0.803. The van der Waals surface area contributed by atoms with Crippen LogP contribution < -0.4 is 15.4 Å². The molecule has 0 fully saturated rings. The highest BCUT2D eigenvalue weighted by atomic mass is 32.1. The average Bonchev–Trinajstić information content (AvgIpc) is 2.83. The number of nitrogens with one attached hydrogen (secondary N) is 2. The Morgan fingerprint density at radius 3 is 2.30 bits per heavy atom. The Balaban J connectivity index is 2.49. The van der Waals surface area contributed by atoms with E-state index >= 15 is 0 Å². The Bertz CT molecular complexity index is 1150. The van der Waals surface area contributed by atoms with E-state index in [4.69, 9.17) is 9.47 Å². The van der Waals surface area contributed by atoms with Gasteiger partial charge in [-0.15, -0.1) is 0 Å². The van der Waals surface area contributed by atoms with Crippen LogP contribution >= 0.6 is 12.6 Å². The van der Waals surface area contributed by atoms with Gasteiger partial charge in [-0.05, 0) is 75.6 Å². The highest BCUT2D eigenvalue weighted by Gasteiger charge is 2.36. The molecule has 0 aliphatic carbocycles. The van der Waals surface area contributed by atoms with Crippen molar-refractivity contribution in [2.75, 3.05) is 24.7 Å². The number of methoxy groups -OCH3 is 1. The predicted octanol–water partition coefficient (Wildman–Crippen LogP) is 4.17. The summed E-state index contributed by atoms with van der Waals surface area (Å²) in [6.45, 7) is 8.45. The fourth-order valence-corrected chi connectivity index (χ4v) is 3.86. The van der Waals surface area contributed by atoms with E-state index in [2.05, 4.69) is 23.3 Å². The monoisotopic (exact) mass is 526 g/mol. The molecule has 2 atom stereocenters. The maximum atomic E-state index is 13.7. The van der Waals surface area contributed by atoms with Gasteiger partial charge in [-0.1, -0.05) is 18.2 Å². The van der Waals surface area contributed by atoms with E-state index in [0.29, 0.717) is 17.0 Å². The number of alkyl carbamates (subject to hydrolysis) is 1. The van der Waals surface area contributed by atoms with Crippen LogP contribution in [0.1, 0.15) is 43.5 Å². The van der Waals surface area contributed by atoms with Crippen LogP contribution in [0, 0.1) is 25.2 Å². The zero-order chi connectivity index (χ0) is 27.8. The number of rotatable bonds is 9. The van der Waals surface area contributed by atoms with Crippen molar-refractivity contribution in [1.82, 2.24) is 10.2 Å². The van der Waals surface area contributed by atoms with Crippen LogP contribution in [-0.4, -0.2) is 53.9 Å². The highest BCUT2D eigenvalue weighted by Crippen LogP contribution is 2.29. The second-order valence-corrected chi connectivity index (χ2v) is 9.78. The molecule has 0 aliphatic rings. The molecule has 2 aromatic rings. The third-order valence-corrected chi connectivity index (χ3v) is 5.92. The van der Waals surface area contributed by atoms with Crippen molar-refractivity contribution < 1.29 is 23.9 Å². The summed E-state index contributed by atoms with van der Waals surface area (Å²) in [5.74, 6) is -0.606. The Labute approximate surface area is 223 Å². The summed E-state index contributed by atoms with van der Waals surface area (Å²) in [5.41, 5.74) is 1.99. The number of ether oxygens (including phenoxy) is 2. The number of aryl methyl sites for hydroxylation is 1. The van der Waals surface area contributed by atoms with Crippen molar-refractivity contribution in [3.8, 4) is 11.8 Å². The molecule has 9 nitrogen and oxygen atoms in total. The van der Waals surface area contributed by atoms with Gasteiger partial charge in [0, 0.05) is 11.4 Å². The van der Waals surface area contributed by atoms with Crippen LogP contribution in [0.4, 0.5) is 10.5 Å². The Morgan fingerprint density at radius 2 is 1.76 bits per heavy atom. The molecule has 2 unspecified atom stereocenters. The maximum Gasteiger partial charge on any atom is 0.408 e. The van der Waals surface area contributed by atoms with Crippen molar-refractivity contribution >= 4 is 36.2 Å². The lowest BCUT2D eigenvalue weighted by Crippen LogP contribution is -2.53. The standard InChI is InChI=1S/C27H34N4O5S/c1-17-8-7-9-21(18(17)2)23(24(32)29-19-10-12-20(35-6)13-11-19)31(15-14-28)25(33)22(16-37)30-26(34)36-27(3,4)5/h7-13,22-23,37H,15-16H2,1-6H3,(H,29,32)(H,30,34). The minimum absolute atomic E-state index is 0.0698. The number of benzene rings is 2. The smallest absolute Gasteiger partial charge is 0.408 e. The average molecular weight is 527 g/mol. The molecule has 198 valence electrons. The second-order valence-electron chi connectivity index (χ2n) is 9.42. The molecule has 0 saturated heterocycles. The van der Waals surface area contributed by atoms with Gasteiger partial charge in [0.15, 0.2) is 0 Å². The van der Waals surface area contributed by atoms with Gasteiger partial charge in [0.05, 0.1) is 13.2 Å². The SMILES string of the molecule is COc1ccc(NC(=O)C(c2cccc(C)c2C)N(CC#N)C(=O)C(CS)NC(=O)OC(C)(C)C)cc1. The zero-order valence-electron chi connectivity index (χ0n) is 22.0. The fourth-order valence-electron chi connectivity index (χ4n) is 3.61. The molecule has 10 heteroatoms. The van der Waals surface area contributed by atoms with Crippen LogP contribution in [0.15, 0.2) is 42.5 Å². The lowest BCUT2D eigenvalue weighted by atomic mass is 9.95. The minimum Gasteiger partial charge on any atom is -0.497 e. The molecule has 0 spiro atoms. The third-order valence-electron chi connectivity index (χ3n) is 5.55. The van der Waals surface area contributed by atoms with Crippen molar-refractivity contribution in [2.45, 2.75) is 52.3 Å². The maximum absolute atomic E-state index is 13.7. The van der Waals surface area contributed by atoms with Crippen molar-refractivity contribution in [3.63, 3.8) is 0 Å². The molecule has 37 heavy (non-hydrogen) atoms. The number of carbonyl (C=O) groups excluding carboxylic acids is 3. The van der Waals surface area contributed by atoms with Gasteiger partial charge < -0.3 is 25.0 Å². The number of carbonyl (C=O) groups is 3. The van der Waals surface area contributed by atoms with Crippen LogP contribution in [0.3, 0.4) is 0 Å². The summed E-state index contributed by atoms with van der Waals surface area (Å²) in [4.78, 5) is 40.9. The predicted molar refractivity (Wildman–Crippen MR) is 145 cm³/mol. The Morgan fingerprint density at radius 1 is 1.11 bits per heavy atom. The van der Waals surface area contributed by atoms with Crippen molar-refractivity contribution in [1.29, 1.82) is 5.26 Å². The largest absolute Gasteiger partial charge is 0.497 e. The van der Waals surface area contributed by atoms with Crippen LogP contribution in [-0.2, 0) is 14.3 Å². The van der Waals surface area contributed by atoms with Gasteiger partial charge in [-0.25, -0.2) is 4.79 Å². The third kappa shape index (κ3) is 8.15.